The molecule has 6 heteroatoms. The summed E-state index contributed by atoms with van der Waals surface area (Å²) < 4.78 is 35.8. The lowest BCUT2D eigenvalue weighted by Crippen LogP contribution is -2.21. The van der Waals surface area contributed by atoms with E-state index in [0.29, 0.717) is 6.61 Å². The van der Waals surface area contributed by atoms with Gasteiger partial charge in [0.1, 0.15) is 11.5 Å². The van der Waals surface area contributed by atoms with Gasteiger partial charge in [-0.1, -0.05) is 30.3 Å². The van der Waals surface area contributed by atoms with Gasteiger partial charge in [-0.3, -0.25) is 0 Å². The molecule has 134 valence electrons. The second-order valence-electron chi connectivity index (χ2n) is 5.42. The Balaban J connectivity index is 2.34. The van der Waals surface area contributed by atoms with Gasteiger partial charge in [0, 0.05) is 6.54 Å². The van der Waals surface area contributed by atoms with Crippen molar-refractivity contribution < 1.29 is 17.9 Å². The summed E-state index contributed by atoms with van der Waals surface area (Å²) in [5.41, 5.74) is 2.88. The normalized spacial score (nSPS) is 12.0. The van der Waals surface area contributed by atoms with E-state index in [-0.39, 0.29) is 6.54 Å². The fourth-order valence-corrected chi connectivity index (χ4v) is 2.75. The molecule has 0 aromatic heterocycles. The second-order valence-corrected chi connectivity index (χ2v) is 7.26. The van der Waals surface area contributed by atoms with Crippen LogP contribution in [0.5, 0.6) is 11.5 Å². The van der Waals surface area contributed by atoms with Gasteiger partial charge in [-0.05, 0) is 47.9 Å². The van der Waals surface area contributed by atoms with E-state index >= 15 is 0 Å². The minimum atomic E-state index is -3.24. The van der Waals surface area contributed by atoms with Crippen LogP contribution in [-0.4, -0.2) is 34.9 Å². The Morgan fingerprint density at radius 2 is 1.52 bits per heavy atom. The molecular weight excluding hydrogens is 338 g/mol. The minimum absolute atomic E-state index is 0.216. The third-order valence-electron chi connectivity index (χ3n) is 3.53. The molecule has 0 fully saturated rings. The maximum absolute atomic E-state index is 11.3. The highest BCUT2D eigenvalue weighted by Gasteiger charge is 2.07. The molecule has 0 bridgehead atoms. The Kier molecular flexibility index (Phi) is 6.61. The number of hydrogen-bond acceptors (Lipinski definition) is 4. The van der Waals surface area contributed by atoms with Crippen molar-refractivity contribution in [1.82, 2.24) is 4.72 Å². The van der Waals surface area contributed by atoms with Crippen molar-refractivity contribution >= 4 is 15.6 Å². The molecule has 1 N–H and O–H groups in total. The Morgan fingerprint density at radius 3 is 1.96 bits per heavy atom. The van der Waals surface area contributed by atoms with E-state index in [0.717, 1.165) is 34.5 Å². The van der Waals surface area contributed by atoms with E-state index in [9.17, 15) is 8.42 Å². The van der Waals surface area contributed by atoms with Crippen LogP contribution < -0.4 is 14.2 Å². The number of hydrogen-bond donors (Lipinski definition) is 1. The van der Waals surface area contributed by atoms with Gasteiger partial charge in [0.15, 0.2) is 0 Å². The lowest BCUT2D eigenvalue weighted by molar-refractivity contribution is 0.340. The quantitative estimate of drug-likeness (QED) is 0.785. The summed E-state index contributed by atoms with van der Waals surface area (Å²) in [6, 6.07) is 15.4. The molecule has 25 heavy (non-hydrogen) atoms. The summed E-state index contributed by atoms with van der Waals surface area (Å²) in [7, 11) is -1.62. The Labute approximate surface area is 149 Å². The third-order valence-corrected chi connectivity index (χ3v) is 4.22. The summed E-state index contributed by atoms with van der Waals surface area (Å²) in [6.45, 7) is 2.76. The van der Waals surface area contributed by atoms with Crippen LogP contribution in [0.15, 0.2) is 54.6 Å². The first-order chi connectivity index (χ1) is 11.9. The van der Waals surface area contributed by atoms with E-state index in [2.05, 4.69) is 4.72 Å². The number of methoxy groups -OCH3 is 1. The van der Waals surface area contributed by atoms with Crippen LogP contribution in [0.1, 0.15) is 18.1 Å². The van der Waals surface area contributed by atoms with Gasteiger partial charge in [0.25, 0.3) is 0 Å². The first-order valence-electron chi connectivity index (χ1n) is 7.95. The highest BCUT2D eigenvalue weighted by molar-refractivity contribution is 7.88. The summed E-state index contributed by atoms with van der Waals surface area (Å²) >= 11 is 0. The molecule has 0 saturated heterocycles. The Hall–Kier alpha value is -2.31. The standard InChI is InChI=1S/C19H23NO4S/c1-4-24-18-11-7-16(8-12-18)19(13-14-20-25(3,21)22)15-5-9-17(23-2)10-6-15/h5-13,20H,4,14H2,1-3H3. The number of rotatable bonds is 8. The van der Waals surface area contributed by atoms with Gasteiger partial charge in [0.05, 0.1) is 20.0 Å². The van der Waals surface area contributed by atoms with Crippen LogP contribution in [0.3, 0.4) is 0 Å². The van der Waals surface area contributed by atoms with Crippen molar-refractivity contribution in [3.8, 4) is 11.5 Å². The van der Waals surface area contributed by atoms with E-state index in [1.807, 2.05) is 61.5 Å². The van der Waals surface area contributed by atoms with Crippen LogP contribution in [0.4, 0.5) is 0 Å². The van der Waals surface area contributed by atoms with Crippen LogP contribution >= 0.6 is 0 Å². The van der Waals surface area contributed by atoms with Crippen LogP contribution in [-0.2, 0) is 10.0 Å². The molecule has 0 radical (unpaired) electrons. The summed E-state index contributed by atoms with van der Waals surface area (Å²) in [4.78, 5) is 0. The predicted molar refractivity (Wildman–Crippen MR) is 101 cm³/mol. The first kappa shape index (κ1) is 19.0. The number of ether oxygens (including phenoxy) is 2. The Bertz CT molecular complexity index is 810. The van der Waals surface area contributed by atoms with Crippen molar-refractivity contribution in [1.29, 1.82) is 0 Å². The fourth-order valence-electron chi connectivity index (χ4n) is 2.37. The zero-order chi connectivity index (χ0) is 18.3. The predicted octanol–water partition coefficient (Wildman–Crippen LogP) is 3.07. The average molecular weight is 361 g/mol. The molecule has 0 unspecified atom stereocenters. The molecule has 0 heterocycles. The topological polar surface area (TPSA) is 64.6 Å². The minimum Gasteiger partial charge on any atom is -0.497 e. The molecule has 0 aliphatic heterocycles. The maximum Gasteiger partial charge on any atom is 0.208 e. The van der Waals surface area contributed by atoms with Crippen LogP contribution in [0.2, 0.25) is 0 Å². The number of sulfonamides is 1. The van der Waals surface area contributed by atoms with Gasteiger partial charge in [-0.25, -0.2) is 13.1 Å². The molecule has 2 aromatic carbocycles. The van der Waals surface area contributed by atoms with Crippen LogP contribution in [0, 0.1) is 0 Å². The molecule has 0 aliphatic carbocycles. The van der Waals surface area contributed by atoms with E-state index < -0.39 is 10.0 Å². The molecule has 2 aromatic rings. The third kappa shape index (κ3) is 5.92. The van der Waals surface area contributed by atoms with Crippen molar-refractivity contribution in [2.45, 2.75) is 6.92 Å². The zero-order valence-corrected chi connectivity index (χ0v) is 15.5. The average Bonchev–Trinajstić information content (AvgIpc) is 2.59. The Morgan fingerprint density at radius 1 is 1.00 bits per heavy atom. The SMILES string of the molecule is CCOc1ccc(C(=CCNS(C)(=O)=O)c2ccc(OC)cc2)cc1. The molecule has 2 rings (SSSR count). The second kappa shape index (κ2) is 8.69. The van der Waals surface area contributed by atoms with Crippen LogP contribution in [0.25, 0.3) is 5.57 Å². The maximum atomic E-state index is 11.3. The lowest BCUT2D eigenvalue weighted by Gasteiger charge is -2.11. The summed E-state index contributed by atoms with van der Waals surface area (Å²) in [5, 5.41) is 0. The van der Waals surface area contributed by atoms with Gasteiger partial charge in [-0.2, -0.15) is 0 Å². The molecule has 0 spiro atoms. The largest absolute Gasteiger partial charge is 0.497 e. The molecular formula is C19H23NO4S. The summed E-state index contributed by atoms with van der Waals surface area (Å²) in [6.07, 6.45) is 3.00. The highest BCUT2D eigenvalue weighted by atomic mass is 32.2. The van der Waals surface area contributed by atoms with Crippen molar-refractivity contribution in [2.75, 3.05) is 26.5 Å². The van der Waals surface area contributed by atoms with Crippen molar-refractivity contribution in [2.24, 2.45) is 0 Å². The fraction of sp³-hybridized carbons (Fsp3) is 0.263. The van der Waals surface area contributed by atoms with E-state index in [4.69, 9.17) is 9.47 Å². The van der Waals surface area contributed by atoms with E-state index in [1.54, 1.807) is 7.11 Å². The summed E-state index contributed by atoms with van der Waals surface area (Å²) in [5.74, 6) is 1.57. The molecule has 0 saturated carbocycles. The van der Waals surface area contributed by atoms with Gasteiger partial charge >= 0.3 is 0 Å². The smallest absolute Gasteiger partial charge is 0.208 e. The first-order valence-corrected chi connectivity index (χ1v) is 9.84. The van der Waals surface area contributed by atoms with Crippen molar-refractivity contribution in [3.63, 3.8) is 0 Å². The number of nitrogens with one attached hydrogen (secondary N) is 1. The highest BCUT2D eigenvalue weighted by Crippen LogP contribution is 2.26. The monoisotopic (exact) mass is 361 g/mol. The van der Waals surface area contributed by atoms with Gasteiger partial charge < -0.3 is 9.47 Å². The van der Waals surface area contributed by atoms with Gasteiger partial charge in [0.2, 0.25) is 10.0 Å². The van der Waals surface area contributed by atoms with Crippen molar-refractivity contribution in [3.05, 3.63) is 65.7 Å². The number of benzene rings is 2. The molecule has 0 aliphatic rings. The molecule has 0 amide bonds. The van der Waals surface area contributed by atoms with E-state index in [1.165, 1.54) is 0 Å². The van der Waals surface area contributed by atoms with Gasteiger partial charge in [-0.15, -0.1) is 0 Å². The lowest BCUT2D eigenvalue weighted by atomic mass is 9.97. The molecule has 0 atom stereocenters. The zero-order valence-electron chi connectivity index (χ0n) is 14.7. The molecule has 5 nitrogen and oxygen atoms in total.